The molecular weight excluding hydrogens is 286 g/mol. The maximum Gasteiger partial charge on any atom is 0.231 e. The quantitative estimate of drug-likeness (QED) is 0.915. The van der Waals surface area contributed by atoms with Crippen molar-refractivity contribution in [3.63, 3.8) is 0 Å². The van der Waals surface area contributed by atoms with Crippen molar-refractivity contribution in [2.45, 2.75) is 13.3 Å². The van der Waals surface area contributed by atoms with E-state index in [4.69, 9.17) is 16.3 Å². The number of hydrogen-bond donors (Lipinski definition) is 1. The summed E-state index contributed by atoms with van der Waals surface area (Å²) < 4.78 is 5.65. The normalized spacial score (nSPS) is 16.8. The molecule has 1 aliphatic rings. The molecule has 1 aliphatic heterocycles. The van der Waals surface area contributed by atoms with E-state index in [1.165, 1.54) is 0 Å². The molecule has 0 saturated heterocycles. The highest BCUT2D eigenvalue weighted by atomic mass is 35.5. The number of ether oxygens (including phenoxy) is 1. The minimum Gasteiger partial charge on any atom is -0.492 e. The van der Waals surface area contributed by atoms with E-state index in [9.17, 15) is 4.79 Å². The molecule has 0 radical (unpaired) electrons. The van der Waals surface area contributed by atoms with Gasteiger partial charge in [0.05, 0.1) is 5.92 Å². The second kappa shape index (κ2) is 5.78. The zero-order valence-corrected chi connectivity index (χ0v) is 12.5. The second-order valence-electron chi connectivity index (χ2n) is 5.32. The van der Waals surface area contributed by atoms with E-state index in [1.54, 1.807) is 6.07 Å². The smallest absolute Gasteiger partial charge is 0.231 e. The van der Waals surface area contributed by atoms with Gasteiger partial charge in [0, 0.05) is 10.7 Å². The Balaban J connectivity index is 1.72. The number of rotatable bonds is 2. The van der Waals surface area contributed by atoms with Crippen LogP contribution in [0.15, 0.2) is 42.5 Å². The third-order valence-electron chi connectivity index (χ3n) is 3.59. The Morgan fingerprint density at radius 1 is 1.29 bits per heavy atom. The van der Waals surface area contributed by atoms with E-state index in [2.05, 4.69) is 5.32 Å². The van der Waals surface area contributed by atoms with Crippen molar-refractivity contribution < 1.29 is 9.53 Å². The fourth-order valence-corrected chi connectivity index (χ4v) is 2.69. The Bertz CT molecular complexity index is 684. The molecule has 0 aromatic heterocycles. The lowest BCUT2D eigenvalue weighted by molar-refractivity contribution is -0.121. The number of nitrogens with one attached hydrogen (secondary N) is 1. The van der Waals surface area contributed by atoms with Crippen LogP contribution in [0.25, 0.3) is 0 Å². The van der Waals surface area contributed by atoms with E-state index >= 15 is 0 Å². The molecular formula is C17H16ClNO2. The predicted molar refractivity (Wildman–Crippen MR) is 83.9 cm³/mol. The lowest BCUT2D eigenvalue weighted by atomic mass is 9.96. The molecule has 2 aromatic carbocycles. The van der Waals surface area contributed by atoms with Gasteiger partial charge in [-0.25, -0.2) is 0 Å². The number of benzene rings is 2. The average molecular weight is 302 g/mol. The number of halogens is 1. The summed E-state index contributed by atoms with van der Waals surface area (Å²) in [6.07, 6.45) is 0.646. The van der Waals surface area contributed by atoms with Crippen LogP contribution >= 0.6 is 11.6 Å². The van der Waals surface area contributed by atoms with Crippen LogP contribution in [0.2, 0.25) is 5.02 Å². The maximum atomic E-state index is 12.3. The van der Waals surface area contributed by atoms with E-state index < -0.39 is 0 Å². The molecule has 3 rings (SSSR count). The Kier molecular flexibility index (Phi) is 3.84. The molecule has 0 unspecified atom stereocenters. The lowest BCUT2D eigenvalue weighted by Gasteiger charge is -2.24. The van der Waals surface area contributed by atoms with Crippen LogP contribution in [0.5, 0.6) is 5.75 Å². The number of carbonyl (C=O) groups is 1. The summed E-state index contributed by atoms with van der Waals surface area (Å²) in [6, 6.07) is 13.3. The Morgan fingerprint density at radius 2 is 2.14 bits per heavy atom. The molecule has 108 valence electrons. The zero-order valence-electron chi connectivity index (χ0n) is 11.7. The van der Waals surface area contributed by atoms with E-state index in [0.717, 1.165) is 22.6 Å². The van der Waals surface area contributed by atoms with Crippen molar-refractivity contribution in [2.24, 2.45) is 5.92 Å². The van der Waals surface area contributed by atoms with Gasteiger partial charge in [-0.2, -0.15) is 0 Å². The van der Waals surface area contributed by atoms with Crippen molar-refractivity contribution in [1.82, 2.24) is 0 Å². The second-order valence-corrected chi connectivity index (χ2v) is 5.76. The molecule has 2 aromatic rings. The fourth-order valence-electron chi connectivity index (χ4n) is 2.50. The van der Waals surface area contributed by atoms with Crippen LogP contribution < -0.4 is 10.1 Å². The van der Waals surface area contributed by atoms with Crippen molar-refractivity contribution in [1.29, 1.82) is 0 Å². The van der Waals surface area contributed by atoms with Gasteiger partial charge in [0.1, 0.15) is 12.4 Å². The minimum absolute atomic E-state index is 0.0220. The summed E-state index contributed by atoms with van der Waals surface area (Å²) in [7, 11) is 0. The highest BCUT2D eigenvalue weighted by molar-refractivity contribution is 6.30. The van der Waals surface area contributed by atoms with Gasteiger partial charge in [-0.1, -0.05) is 23.7 Å². The Morgan fingerprint density at radius 3 is 2.95 bits per heavy atom. The van der Waals surface area contributed by atoms with Crippen molar-refractivity contribution >= 4 is 23.2 Å². The number of fused-ring (bicyclic) bond motifs is 1. The molecule has 4 heteroatoms. The number of hydrogen-bond acceptors (Lipinski definition) is 2. The predicted octanol–water partition coefficient (Wildman–Crippen LogP) is 3.84. The van der Waals surface area contributed by atoms with Gasteiger partial charge in [0.15, 0.2) is 0 Å². The molecule has 21 heavy (non-hydrogen) atoms. The number of amides is 1. The third-order valence-corrected chi connectivity index (χ3v) is 3.82. The molecule has 1 N–H and O–H groups in total. The molecule has 1 heterocycles. The molecule has 1 amide bonds. The van der Waals surface area contributed by atoms with Gasteiger partial charge in [0.25, 0.3) is 0 Å². The maximum absolute atomic E-state index is 12.3. The van der Waals surface area contributed by atoms with E-state index in [1.807, 2.05) is 43.3 Å². The van der Waals surface area contributed by atoms with Crippen molar-refractivity contribution in [2.75, 3.05) is 11.9 Å². The minimum atomic E-state index is -0.198. The summed E-state index contributed by atoms with van der Waals surface area (Å²) in [4.78, 5) is 12.3. The third kappa shape index (κ3) is 3.19. The summed E-state index contributed by atoms with van der Waals surface area (Å²) in [6.45, 7) is 2.39. The van der Waals surface area contributed by atoms with Crippen LogP contribution in [-0.2, 0) is 11.2 Å². The van der Waals surface area contributed by atoms with Gasteiger partial charge in [-0.3, -0.25) is 4.79 Å². The molecule has 0 saturated carbocycles. The van der Waals surface area contributed by atoms with Gasteiger partial charge in [0.2, 0.25) is 5.91 Å². The topological polar surface area (TPSA) is 38.3 Å². The zero-order chi connectivity index (χ0) is 14.8. The van der Waals surface area contributed by atoms with Gasteiger partial charge < -0.3 is 10.1 Å². The number of anilines is 1. The van der Waals surface area contributed by atoms with Gasteiger partial charge in [-0.15, -0.1) is 0 Å². The van der Waals surface area contributed by atoms with Crippen LogP contribution in [0.4, 0.5) is 5.69 Å². The first-order valence-electron chi connectivity index (χ1n) is 6.90. The molecule has 0 bridgehead atoms. The standard InChI is InChI=1S/C17H16ClNO2/c1-11-3-2-4-15(7-11)19-17(20)13-8-12-9-14(18)5-6-16(12)21-10-13/h2-7,9,13H,8,10H2,1H3,(H,19,20)/t13-/m0/s1. The Hall–Kier alpha value is -2.00. The van der Waals surface area contributed by atoms with Crippen LogP contribution in [0.1, 0.15) is 11.1 Å². The molecule has 0 fully saturated rings. The SMILES string of the molecule is Cc1cccc(NC(=O)[C@@H]2COc3ccc(Cl)cc3C2)c1. The summed E-state index contributed by atoms with van der Waals surface area (Å²) in [5.41, 5.74) is 2.92. The first kappa shape index (κ1) is 14.0. The first-order valence-corrected chi connectivity index (χ1v) is 7.28. The Labute approximate surface area is 128 Å². The van der Waals surface area contributed by atoms with E-state index in [0.29, 0.717) is 18.1 Å². The van der Waals surface area contributed by atoms with Crippen molar-refractivity contribution in [3.8, 4) is 5.75 Å². The highest BCUT2D eigenvalue weighted by Gasteiger charge is 2.26. The fraction of sp³-hybridized carbons (Fsp3) is 0.235. The number of carbonyl (C=O) groups excluding carboxylic acids is 1. The van der Waals surface area contributed by atoms with Crippen LogP contribution in [-0.4, -0.2) is 12.5 Å². The molecule has 1 atom stereocenters. The van der Waals surface area contributed by atoms with Gasteiger partial charge >= 0.3 is 0 Å². The number of aryl methyl sites for hydroxylation is 1. The monoisotopic (exact) mass is 301 g/mol. The van der Waals surface area contributed by atoms with E-state index in [-0.39, 0.29) is 11.8 Å². The van der Waals surface area contributed by atoms with Crippen LogP contribution in [0.3, 0.4) is 0 Å². The highest BCUT2D eigenvalue weighted by Crippen LogP contribution is 2.30. The van der Waals surface area contributed by atoms with Crippen molar-refractivity contribution in [3.05, 3.63) is 58.6 Å². The molecule has 0 aliphatic carbocycles. The van der Waals surface area contributed by atoms with Crippen LogP contribution in [0, 0.1) is 12.8 Å². The summed E-state index contributed by atoms with van der Waals surface area (Å²) in [5.74, 6) is 0.599. The average Bonchev–Trinajstić information content (AvgIpc) is 2.46. The largest absolute Gasteiger partial charge is 0.492 e. The molecule has 3 nitrogen and oxygen atoms in total. The molecule has 0 spiro atoms. The first-order chi connectivity index (χ1) is 10.1. The van der Waals surface area contributed by atoms with Gasteiger partial charge in [-0.05, 0) is 54.8 Å². The lowest BCUT2D eigenvalue weighted by Crippen LogP contribution is -2.32. The summed E-state index contributed by atoms with van der Waals surface area (Å²) >= 11 is 6.00. The summed E-state index contributed by atoms with van der Waals surface area (Å²) in [5, 5.41) is 3.61.